The minimum Gasteiger partial charge on any atom is -0.296 e. The normalized spacial score (nSPS) is 21.7. The van der Waals surface area contributed by atoms with Crippen molar-refractivity contribution in [2.24, 2.45) is 11.1 Å². The van der Waals surface area contributed by atoms with Gasteiger partial charge in [0.25, 0.3) is 0 Å². The van der Waals surface area contributed by atoms with Gasteiger partial charge in [0.2, 0.25) is 10.0 Å². The summed E-state index contributed by atoms with van der Waals surface area (Å²) in [6, 6.07) is 3.45. The monoisotopic (exact) mass is 332 g/mol. The average Bonchev–Trinajstić information content (AvgIpc) is 2.40. The van der Waals surface area contributed by atoms with Gasteiger partial charge in [-0.15, -0.1) is 0 Å². The van der Waals surface area contributed by atoms with Gasteiger partial charge in [0.05, 0.1) is 5.75 Å². The summed E-state index contributed by atoms with van der Waals surface area (Å²) in [5.74, 6) is -1.24. The van der Waals surface area contributed by atoms with Gasteiger partial charge >= 0.3 is 0 Å². The largest absolute Gasteiger partial charge is 0.296 e. The summed E-state index contributed by atoms with van der Waals surface area (Å²) in [7, 11) is -3.51. The summed E-state index contributed by atoms with van der Waals surface area (Å²) >= 11 is 0. The summed E-state index contributed by atoms with van der Waals surface area (Å²) in [6.07, 6.45) is 2.32. The number of primary sulfonamides is 1. The molecular formula is C15H22F2N2O2S. The molecule has 1 fully saturated rings. The van der Waals surface area contributed by atoms with Crippen LogP contribution in [0.1, 0.15) is 37.8 Å². The first-order valence-electron chi connectivity index (χ1n) is 7.49. The van der Waals surface area contributed by atoms with Crippen LogP contribution in [-0.4, -0.2) is 32.2 Å². The zero-order chi connectivity index (χ0) is 16.3. The number of sulfonamides is 1. The number of benzene rings is 1. The minimum absolute atomic E-state index is 0.0405. The van der Waals surface area contributed by atoms with Crippen LogP contribution in [0.15, 0.2) is 18.2 Å². The van der Waals surface area contributed by atoms with Gasteiger partial charge in [0, 0.05) is 24.2 Å². The van der Waals surface area contributed by atoms with Crippen molar-refractivity contribution in [1.82, 2.24) is 4.90 Å². The highest BCUT2D eigenvalue weighted by Crippen LogP contribution is 2.31. The molecule has 0 aliphatic carbocycles. The first-order valence-corrected chi connectivity index (χ1v) is 9.21. The molecule has 0 spiro atoms. The molecule has 22 heavy (non-hydrogen) atoms. The number of halogens is 2. The Morgan fingerprint density at radius 1 is 1.41 bits per heavy atom. The molecule has 2 atom stereocenters. The van der Waals surface area contributed by atoms with Gasteiger partial charge < -0.3 is 0 Å². The Labute approximate surface area is 130 Å². The summed E-state index contributed by atoms with van der Waals surface area (Å²) in [6.45, 7) is 3.28. The van der Waals surface area contributed by atoms with Crippen molar-refractivity contribution in [1.29, 1.82) is 0 Å². The molecule has 2 rings (SSSR count). The van der Waals surface area contributed by atoms with E-state index in [0.29, 0.717) is 18.5 Å². The summed E-state index contributed by atoms with van der Waals surface area (Å²) < 4.78 is 49.6. The molecule has 4 nitrogen and oxygen atoms in total. The average molecular weight is 332 g/mol. The van der Waals surface area contributed by atoms with Crippen LogP contribution >= 0.6 is 0 Å². The fourth-order valence-electron chi connectivity index (χ4n) is 3.29. The Bertz CT molecular complexity index is 622. The van der Waals surface area contributed by atoms with Crippen LogP contribution in [0.25, 0.3) is 0 Å². The lowest BCUT2D eigenvalue weighted by Crippen LogP contribution is -2.41. The molecule has 0 bridgehead atoms. The van der Waals surface area contributed by atoms with Crippen molar-refractivity contribution in [2.45, 2.75) is 32.2 Å². The smallest absolute Gasteiger partial charge is 0.209 e. The fraction of sp³-hybridized carbons (Fsp3) is 0.600. The number of nitrogens with zero attached hydrogens (tertiary/aromatic N) is 1. The van der Waals surface area contributed by atoms with Crippen LogP contribution in [0, 0.1) is 17.6 Å². The molecule has 1 aliphatic rings. The van der Waals surface area contributed by atoms with E-state index in [1.54, 1.807) is 0 Å². The second kappa shape index (κ2) is 7.02. The van der Waals surface area contributed by atoms with E-state index < -0.39 is 21.7 Å². The van der Waals surface area contributed by atoms with Crippen LogP contribution in [0.5, 0.6) is 0 Å². The highest BCUT2D eigenvalue weighted by atomic mass is 32.2. The molecule has 1 saturated heterocycles. The molecule has 0 amide bonds. The topological polar surface area (TPSA) is 63.4 Å². The number of nitrogens with two attached hydrogens (primary N) is 1. The van der Waals surface area contributed by atoms with Crippen molar-refractivity contribution in [3.63, 3.8) is 0 Å². The summed E-state index contributed by atoms with van der Waals surface area (Å²) in [4.78, 5) is 2.08. The van der Waals surface area contributed by atoms with Crippen molar-refractivity contribution >= 4 is 10.0 Å². The number of piperidine rings is 1. The third-order valence-electron chi connectivity index (χ3n) is 4.17. The highest BCUT2D eigenvalue weighted by Gasteiger charge is 2.29. The number of hydrogen-bond acceptors (Lipinski definition) is 3. The Hall–Kier alpha value is -1.05. The van der Waals surface area contributed by atoms with E-state index in [-0.39, 0.29) is 17.7 Å². The van der Waals surface area contributed by atoms with Crippen LogP contribution in [0.4, 0.5) is 8.78 Å². The van der Waals surface area contributed by atoms with Crippen molar-refractivity contribution < 1.29 is 17.2 Å². The molecule has 1 aliphatic heterocycles. The van der Waals surface area contributed by atoms with Crippen LogP contribution in [-0.2, 0) is 10.0 Å². The van der Waals surface area contributed by atoms with Gasteiger partial charge in [-0.1, -0.05) is 13.0 Å². The SMILES string of the molecule is CC[C@@H](c1ccc(F)cc1F)N1CCC[C@H](CS(N)(=O)=O)C1. The molecule has 1 aromatic carbocycles. The lowest BCUT2D eigenvalue weighted by molar-refractivity contribution is 0.125. The van der Waals surface area contributed by atoms with Crippen molar-refractivity contribution in [2.75, 3.05) is 18.8 Å². The Morgan fingerprint density at radius 2 is 2.14 bits per heavy atom. The number of hydrogen-bond donors (Lipinski definition) is 1. The van der Waals surface area contributed by atoms with Gasteiger partial charge in [0.15, 0.2) is 0 Å². The maximum Gasteiger partial charge on any atom is 0.209 e. The van der Waals surface area contributed by atoms with E-state index in [4.69, 9.17) is 5.14 Å². The van der Waals surface area contributed by atoms with Crippen LogP contribution < -0.4 is 5.14 Å². The zero-order valence-electron chi connectivity index (χ0n) is 12.6. The van der Waals surface area contributed by atoms with Crippen LogP contribution in [0.3, 0.4) is 0 Å². The molecular weight excluding hydrogens is 310 g/mol. The molecule has 0 aromatic heterocycles. The van der Waals surface area contributed by atoms with Gasteiger partial charge in [-0.3, -0.25) is 4.90 Å². The second-order valence-corrected chi connectivity index (χ2v) is 7.58. The zero-order valence-corrected chi connectivity index (χ0v) is 13.5. The quantitative estimate of drug-likeness (QED) is 0.901. The fourth-order valence-corrected chi connectivity index (χ4v) is 4.22. The molecule has 0 saturated carbocycles. The third-order valence-corrected chi connectivity index (χ3v) is 5.10. The second-order valence-electron chi connectivity index (χ2n) is 5.92. The van der Waals surface area contributed by atoms with Gasteiger partial charge in [-0.05, 0) is 37.8 Å². The van der Waals surface area contributed by atoms with E-state index in [1.807, 2.05) is 6.92 Å². The number of rotatable bonds is 5. The maximum absolute atomic E-state index is 14.0. The van der Waals surface area contributed by atoms with E-state index >= 15 is 0 Å². The van der Waals surface area contributed by atoms with Crippen LogP contribution in [0.2, 0.25) is 0 Å². The standard InChI is InChI=1S/C15H22F2N2O2S/c1-2-15(13-6-5-12(16)8-14(13)17)19-7-3-4-11(9-19)10-22(18,20)21/h5-6,8,11,15H,2-4,7,9-10H2,1H3,(H2,18,20,21)/t11-,15-/m0/s1. The van der Waals surface area contributed by atoms with E-state index in [9.17, 15) is 17.2 Å². The van der Waals surface area contributed by atoms with Gasteiger partial charge in [0.1, 0.15) is 11.6 Å². The summed E-state index contributed by atoms with van der Waals surface area (Å²) in [5.41, 5.74) is 0.458. The first-order chi connectivity index (χ1) is 10.3. The first kappa shape index (κ1) is 17.3. The highest BCUT2D eigenvalue weighted by molar-refractivity contribution is 7.89. The predicted molar refractivity (Wildman–Crippen MR) is 81.7 cm³/mol. The Kier molecular flexibility index (Phi) is 5.52. The lowest BCUT2D eigenvalue weighted by Gasteiger charge is -2.38. The minimum atomic E-state index is -3.51. The molecule has 0 unspecified atom stereocenters. The number of likely N-dealkylation sites (tertiary alicyclic amines) is 1. The molecule has 0 radical (unpaired) electrons. The van der Waals surface area contributed by atoms with E-state index in [1.165, 1.54) is 12.1 Å². The predicted octanol–water partition coefficient (Wildman–Crippen LogP) is 2.42. The van der Waals surface area contributed by atoms with Gasteiger partial charge in [-0.2, -0.15) is 0 Å². The molecule has 7 heteroatoms. The molecule has 2 N–H and O–H groups in total. The third kappa shape index (κ3) is 4.47. The van der Waals surface area contributed by atoms with E-state index in [2.05, 4.69) is 4.90 Å². The Morgan fingerprint density at radius 3 is 2.73 bits per heavy atom. The van der Waals surface area contributed by atoms with Gasteiger partial charge in [-0.25, -0.2) is 22.3 Å². The summed E-state index contributed by atoms with van der Waals surface area (Å²) in [5, 5.41) is 5.12. The Balaban J connectivity index is 2.16. The molecule has 1 heterocycles. The molecule has 1 aromatic rings. The molecule has 124 valence electrons. The maximum atomic E-state index is 14.0. The van der Waals surface area contributed by atoms with Crippen molar-refractivity contribution in [3.8, 4) is 0 Å². The van der Waals surface area contributed by atoms with Crippen molar-refractivity contribution in [3.05, 3.63) is 35.4 Å². The lowest BCUT2D eigenvalue weighted by atomic mass is 9.94. The van der Waals surface area contributed by atoms with E-state index in [0.717, 1.165) is 25.5 Å².